The van der Waals surface area contributed by atoms with Crippen molar-refractivity contribution < 1.29 is 9.59 Å². The van der Waals surface area contributed by atoms with E-state index in [1.54, 1.807) is 0 Å². The van der Waals surface area contributed by atoms with Gasteiger partial charge in [0, 0.05) is 37.7 Å². The number of amides is 3. The summed E-state index contributed by atoms with van der Waals surface area (Å²) in [7, 11) is 0. The monoisotopic (exact) mass is 406 g/mol. The molecule has 1 aromatic carbocycles. The molecule has 0 radical (unpaired) electrons. The zero-order valence-corrected chi connectivity index (χ0v) is 17.8. The number of benzene rings is 1. The van der Waals surface area contributed by atoms with Gasteiger partial charge in [0.15, 0.2) is 0 Å². The highest BCUT2D eigenvalue weighted by Gasteiger charge is 2.47. The predicted octanol–water partition coefficient (Wildman–Crippen LogP) is 3.16. The summed E-state index contributed by atoms with van der Waals surface area (Å²) in [5.74, 6) is 0.408. The van der Waals surface area contributed by atoms with Crippen LogP contribution >= 0.6 is 11.6 Å². The van der Waals surface area contributed by atoms with E-state index >= 15 is 0 Å². The number of carbonyl (C=O) groups excluding carboxylic acids is 2. The lowest BCUT2D eigenvalue weighted by Gasteiger charge is -2.36. The molecule has 0 unspecified atom stereocenters. The van der Waals surface area contributed by atoms with Crippen LogP contribution < -0.4 is 5.32 Å². The zero-order chi connectivity index (χ0) is 20.3. The molecule has 2 fully saturated rings. The average Bonchev–Trinajstić information content (AvgIpc) is 2.87. The molecular formula is C21H31ClN4O2. The Labute approximate surface area is 172 Å². The summed E-state index contributed by atoms with van der Waals surface area (Å²) in [6.07, 6.45) is 1.60. The molecule has 3 amide bonds. The van der Waals surface area contributed by atoms with Crippen molar-refractivity contribution in [3.63, 3.8) is 0 Å². The van der Waals surface area contributed by atoms with Crippen LogP contribution in [0, 0.1) is 5.92 Å². The number of urea groups is 1. The molecule has 2 aliphatic heterocycles. The first kappa shape index (κ1) is 21.1. The van der Waals surface area contributed by atoms with E-state index in [4.69, 9.17) is 11.6 Å². The Morgan fingerprint density at radius 1 is 1.07 bits per heavy atom. The molecule has 1 aromatic rings. The molecule has 0 spiro atoms. The first-order valence-electron chi connectivity index (χ1n) is 10.1. The van der Waals surface area contributed by atoms with Crippen molar-refractivity contribution in [3.8, 4) is 0 Å². The number of carbonyl (C=O) groups is 2. The molecule has 2 heterocycles. The Balaban J connectivity index is 1.49. The number of hydrogen-bond acceptors (Lipinski definition) is 4. The van der Waals surface area contributed by atoms with Gasteiger partial charge in [-0.25, -0.2) is 9.69 Å². The minimum absolute atomic E-state index is 0.0956. The maximum atomic E-state index is 12.9. The Bertz CT molecular complexity index is 701. The number of imide groups is 1. The lowest BCUT2D eigenvalue weighted by molar-refractivity contribution is -0.132. The lowest BCUT2D eigenvalue weighted by Crippen LogP contribution is -2.51. The van der Waals surface area contributed by atoms with E-state index in [0.717, 1.165) is 44.2 Å². The van der Waals surface area contributed by atoms with Crippen LogP contribution in [0.3, 0.4) is 0 Å². The van der Waals surface area contributed by atoms with Crippen LogP contribution in [0.25, 0.3) is 0 Å². The van der Waals surface area contributed by atoms with Crippen LogP contribution in [-0.4, -0.2) is 65.0 Å². The zero-order valence-electron chi connectivity index (χ0n) is 17.1. The predicted molar refractivity (Wildman–Crippen MR) is 111 cm³/mol. The topological polar surface area (TPSA) is 55.9 Å². The van der Waals surface area contributed by atoms with Gasteiger partial charge in [-0.2, -0.15) is 0 Å². The Morgan fingerprint density at radius 2 is 1.68 bits per heavy atom. The summed E-state index contributed by atoms with van der Waals surface area (Å²) in [6, 6.07) is 7.68. The van der Waals surface area contributed by atoms with Gasteiger partial charge in [0.25, 0.3) is 5.91 Å². The first-order chi connectivity index (χ1) is 13.3. The summed E-state index contributed by atoms with van der Waals surface area (Å²) in [5.41, 5.74) is 0.477. The van der Waals surface area contributed by atoms with Crippen molar-refractivity contribution in [2.24, 2.45) is 5.92 Å². The van der Waals surface area contributed by atoms with Gasteiger partial charge < -0.3 is 5.32 Å². The SMILES string of the molecule is CC(C)CC[C@]1(C)NC(=O)N(CN2CCN(Cc3ccc(Cl)cc3)CC2)C1=O. The van der Waals surface area contributed by atoms with E-state index in [0.29, 0.717) is 19.0 Å². The molecule has 0 bridgehead atoms. The second-order valence-electron chi connectivity index (χ2n) is 8.59. The number of nitrogens with zero attached hydrogens (tertiary/aromatic N) is 3. The molecule has 0 saturated carbocycles. The third-order valence-electron chi connectivity index (χ3n) is 5.69. The molecule has 2 saturated heterocycles. The van der Waals surface area contributed by atoms with E-state index < -0.39 is 5.54 Å². The van der Waals surface area contributed by atoms with E-state index in [9.17, 15) is 9.59 Å². The van der Waals surface area contributed by atoms with Gasteiger partial charge in [0.05, 0.1) is 6.67 Å². The quantitative estimate of drug-likeness (QED) is 0.706. The second-order valence-corrected chi connectivity index (χ2v) is 9.03. The largest absolute Gasteiger partial charge is 0.326 e. The molecule has 1 atom stereocenters. The van der Waals surface area contributed by atoms with E-state index in [1.807, 2.05) is 19.1 Å². The second kappa shape index (κ2) is 8.80. The fourth-order valence-electron chi connectivity index (χ4n) is 3.76. The third-order valence-corrected chi connectivity index (χ3v) is 5.94. The molecule has 28 heavy (non-hydrogen) atoms. The maximum absolute atomic E-state index is 12.9. The summed E-state index contributed by atoms with van der Waals surface area (Å²) in [5, 5.41) is 3.66. The van der Waals surface area contributed by atoms with Crippen molar-refractivity contribution in [2.75, 3.05) is 32.8 Å². The van der Waals surface area contributed by atoms with Crippen LogP contribution in [0.5, 0.6) is 0 Å². The Hall–Kier alpha value is -1.63. The number of nitrogens with one attached hydrogen (secondary N) is 1. The molecule has 154 valence electrons. The minimum Gasteiger partial charge on any atom is -0.323 e. The number of rotatable bonds is 7. The highest BCUT2D eigenvalue weighted by atomic mass is 35.5. The van der Waals surface area contributed by atoms with Gasteiger partial charge in [-0.05, 0) is 43.4 Å². The van der Waals surface area contributed by atoms with Crippen LogP contribution in [0.1, 0.15) is 39.2 Å². The number of hydrogen-bond donors (Lipinski definition) is 1. The fraction of sp³-hybridized carbons (Fsp3) is 0.619. The van der Waals surface area contributed by atoms with Crippen LogP contribution in [0.4, 0.5) is 4.79 Å². The molecular weight excluding hydrogens is 376 g/mol. The van der Waals surface area contributed by atoms with E-state index in [-0.39, 0.29) is 11.9 Å². The molecule has 0 aliphatic carbocycles. The third kappa shape index (κ3) is 5.04. The van der Waals surface area contributed by atoms with Gasteiger partial charge in [-0.1, -0.05) is 37.6 Å². The van der Waals surface area contributed by atoms with Crippen molar-refractivity contribution in [2.45, 2.75) is 45.7 Å². The number of halogens is 1. The summed E-state index contributed by atoms with van der Waals surface area (Å²) in [6.45, 7) is 10.9. The summed E-state index contributed by atoms with van der Waals surface area (Å²) < 4.78 is 0. The lowest BCUT2D eigenvalue weighted by atomic mass is 9.92. The highest BCUT2D eigenvalue weighted by molar-refractivity contribution is 6.30. The van der Waals surface area contributed by atoms with Crippen molar-refractivity contribution in [3.05, 3.63) is 34.9 Å². The van der Waals surface area contributed by atoms with Gasteiger partial charge in [0.2, 0.25) is 0 Å². The molecule has 1 N–H and O–H groups in total. The van der Waals surface area contributed by atoms with Crippen molar-refractivity contribution >= 4 is 23.5 Å². The van der Waals surface area contributed by atoms with Crippen molar-refractivity contribution in [1.29, 1.82) is 0 Å². The summed E-state index contributed by atoms with van der Waals surface area (Å²) in [4.78, 5) is 31.2. The van der Waals surface area contributed by atoms with Crippen LogP contribution in [0.2, 0.25) is 5.02 Å². The smallest absolute Gasteiger partial charge is 0.323 e. The molecule has 2 aliphatic rings. The molecule has 3 rings (SSSR count). The maximum Gasteiger partial charge on any atom is 0.326 e. The van der Waals surface area contributed by atoms with E-state index in [1.165, 1.54) is 10.5 Å². The fourth-order valence-corrected chi connectivity index (χ4v) is 3.89. The van der Waals surface area contributed by atoms with Gasteiger partial charge in [-0.15, -0.1) is 0 Å². The van der Waals surface area contributed by atoms with Gasteiger partial charge in [0.1, 0.15) is 5.54 Å². The Kier molecular flexibility index (Phi) is 6.63. The highest BCUT2D eigenvalue weighted by Crippen LogP contribution is 2.25. The molecule has 6 nitrogen and oxygen atoms in total. The van der Waals surface area contributed by atoms with Crippen LogP contribution in [-0.2, 0) is 11.3 Å². The van der Waals surface area contributed by atoms with Crippen LogP contribution in [0.15, 0.2) is 24.3 Å². The van der Waals surface area contributed by atoms with Gasteiger partial charge in [-0.3, -0.25) is 14.6 Å². The standard InChI is InChI=1S/C21H31ClN4O2/c1-16(2)8-9-21(3)19(27)26(20(28)23-21)15-25-12-10-24(11-13-25)14-17-4-6-18(22)7-5-17/h4-7,16H,8-15H2,1-3H3,(H,23,28)/t21-/m0/s1. The van der Waals surface area contributed by atoms with Crippen molar-refractivity contribution in [1.82, 2.24) is 20.0 Å². The normalized spacial score (nSPS) is 24.2. The number of piperazine rings is 1. The molecule has 7 heteroatoms. The summed E-state index contributed by atoms with van der Waals surface area (Å²) >= 11 is 5.95. The minimum atomic E-state index is -0.766. The molecule has 0 aromatic heterocycles. The van der Waals surface area contributed by atoms with Gasteiger partial charge >= 0.3 is 6.03 Å². The average molecular weight is 407 g/mol. The van der Waals surface area contributed by atoms with E-state index in [2.05, 4.69) is 41.1 Å². The Morgan fingerprint density at radius 3 is 2.29 bits per heavy atom. The first-order valence-corrected chi connectivity index (χ1v) is 10.5.